The van der Waals surface area contributed by atoms with Gasteiger partial charge in [0.1, 0.15) is 5.54 Å². The molecule has 2 atom stereocenters. The Morgan fingerprint density at radius 1 is 1.55 bits per heavy atom. The van der Waals surface area contributed by atoms with Crippen molar-refractivity contribution in [3.05, 3.63) is 0 Å². The minimum atomic E-state index is -2.32. The van der Waals surface area contributed by atoms with Crippen molar-refractivity contribution in [3.63, 3.8) is 0 Å². The summed E-state index contributed by atoms with van der Waals surface area (Å²) in [6, 6.07) is 0. The van der Waals surface area contributed by atoms with Crippen LogP contribution in [0.25, 0.3) is 0 Å². The molecule has 2 unspecified atom stereocenters. The molecule has 1 fully saturated rings. The van der Waals surface area contributed by atoms with E-state index in [9.17, 15) is 13.6 Å². The van der Waals surface area contributed by atoms with Crippen molar-refractivity contribution in [2.75, 3.05) is 33.8 Å². The second-order valence-electron chi connectivity index (χ2n) is 5.52. The van der Waals surface area contributed by atoms with Gasteiger partial charge < -0.3 is 15.0 Å². The fourth-order valence-electron chi connectivity index (χ4n) is 3.24. The predicted octanol–water partition coefficient (Wildman–Crippen LogP) is 1.89. The number of hydrogen-bond donors (Lipinski definition) is 1. The van der Waals surface area contributed by atoms with Crippen molar-refractivity contribution in [2.24, 2.45) is 5.92 Å². The molecule has 0 aliphatic heterocycles. The molecule has 0 spiro atoms. The molecule has 6 heteroatoms. The Balaban J connectivity index is 2.64. The summed E-state index contributed by atoms with van der Waals surface area (Å²) in [6.45, 7) is 3.00. The number of alkyl halides is 2. The highest BCUT2D eigenvalue weighted by Gasteiger charge is 2.48. The number of hydrogen-bond acceptors (Lipinski definition) is 4. The molecule has 1 aliphatic rings. The van der Waals surface area contributed by atoms with E-state index in [0.717, 1.165) is 25.7 Å². The number of carbonyl (C=O) groups is 1. The first-order valence-corrected chi connectivity index (χ1v) is 7.26. The average Bonchev–Trinajstić information content (AvgIpc) is 2.79. The van der Waals surface area contributed by atoms with Crippen LogP contribution in [0.3, 0.4) is 0 Å². The Kier molecular flexibility index (Phi) is 6.82. The molecule has 20 heavy (non-hydrogen) atoms. The highest BCUT2D eigenvalue weighted by atomic mass is 19.3. The lowest BCUT2D eigenvalue weighted by atomic mass is 9.84. The van der Waals surface area contributed by atoms with Crippen molar-refractivity contribution in [1.82, 2.24) is 10.2 Å². The zero-order chi connectivity index (χ0) is 15.2. The number of esters is 1. The molecule has 0 aromatic carbocycles. The van der Waals surface area contributed by atoms with Crippen LogP contribution in [-0.2, 0) is 9.53 Å². The van der Waals surface area contributed by atoms with E-state index in [1.807, 2.05) is 6.92 Å². The lowest BCUT2D eigenvalue weighted by Gasteiger charge is -2.34. The van der Waals surface area contributed by atoms with Gasteiger partial charge in [0.05, 0.1) is 13.7 Å². The monoisotopic (exact) mass is 292 g/mol. The van der Waals surface area contributed by atoms with Crippen LogP contribution in [0.2, 0.25) is 0 Å². The zero-order valence-electron chi connectivity index (χ0n) is 12.6. The SMILES string of the molecule is CCNC1(C(=O)OC)CCCC1CCN(C)CC(F)F. The van der Waals surface area contributed by atoms with Crippen LogP contribution in [-0.4, -0.2) is 56.6 Å². The van der Waals surface area contributed by atoms with E-state index in [4.69, 9.17) is 4.74 Å². The summed E-state index contributed by atoms with van der Waals surface area (Å²) >= 11 is 0. The fourth-order valence-corrected chi connectivity index (χ4v) is 3.24. The molecule has 1 saturated carbocycles. The van der Waals surface area contributed by atoms with Crippen LogP contribution in [0.1, 0.15) is 32.6 Å². The lowest BCUT2D eigenvalue weighted by molar-refractivity contribution is -0.150. The Hall–Kier alpha value is -0.750. The Morgan fingerprint density at radius 3 is 2.80 bits per heavy atom. The van der Waals surface area contributed by atoms with Gasteiger partial charge >= 0.3 is 5.97 Å². The van der Waals surface area contributed by atoms with E-state index in [2.05, 4.69) is 5.32 Å². The second kappa shape index (κ2) is 7.88. The van der Waals surface area contributed by atoms with Gasteiger partial charge in [0.2, 0.25) is 0 Å². The Labute approximate surface area is 119 Å². The van der Waals surface area contributed by atoms with Crippen molar-refractivity contribution in [3.8, 4) is 0 Å². The third-order valence-electron chi connectivity index (χ3n) is 4.17. The molecule has 4 nitrogen and oxygen atoms in total. The predicted molar refractivity (Wildman–Crippen MR) is 73.9 cm³/mol. The van der Waals surface area contributed by atoms with Crippen LogP contribution < -0.4 is 5.32 Å². The van der Waals surface area contributed by atoms with E-state index < -0.39 is 12.0 Å². The number of likely N-dealkylation sites (N-methyl/N-ethyl adjacent to an activating group) is 1. The molecule has 0 saturated heterocycles. The molecule has 0 bridgehead atoms. The maximum Gasteiger partial charge on any atom is 0.326 e. The van der Waals surface area contributed by atoms with Crippen molar-refractivity contribution >= 4 is 5.97 Å². The van der Waals surface area contributed by atoms with Gasteiger partial charge in [-0.3, -0.25) is 4.79 Å². The molecule has 118 valence electrons. The molecule has 1 rings (SSSR count). The minimum absolute atomic E-state index is 0.148. The molecule has 0 heterocycles. The summed E-state index contributed by atoms with van der Waals surface area (Å²) in [4.78, 5) is 13.8. The van der Waals surface area contributed by atoms with Crippen LogP contribution in [0.15, 0.2) is 0 Å². The minimum Gasteiger partial charge on any atom is -0.468 e. The smallest absolute Gasteiger partial charge is 0.326 e. The molecule has 0 aromatic rings. The summed E-state index contributed by atoms with van der Waals surface area (Å²) < 4.78 is 29.6. The summed E-state index contributed by atoms with van der Waals surface area (Å²) in [5.41, 5.74) is -0.630. The Bertz CT molecular complexity index is 316. The molecule has 1 N–H and O–H groups in total. The maximum absolute atomic E-state index is 12.3. The largest absolute Gasteiger partial charge is 0.468 e. The first-order chi connectivity index (χ1) is 9.46. The second-order valence-corrected chi connectivity index (χ2v) is 5.52. The van der Waals surface area contributed by atoms with Crippen LogP contribution in [0.4, 0.5) is 8.78 Å². The van der Waals surface area contributed by atoms with Crippen molar-refractivity contribution in [1.29, 1.82) is 0 Å². The first-order valence-electron chi connectivity index (χ1n) is 7.26. The van der Waals surface area contributed by atoms with Crippen LogP contribution in [0.5, 0.6) is 0 Å². The molecule has 0 radical (unpaired) electrons. The Morgan fingerprint density at radius 2 is 2.25 bits per heavy atom. The van der Waals surface area contributed by atoms with E-state index in [1.165, 1.54) is 7.11 Å². The summed E-state index contributed by atoms with van der Waals surface area (Å²) in [5.74, 6) is -0.0756. The van der Waals surface area contributed by atoms with Gasteiger partial charge in [-0.05, 0) is 45.3 Å². The number of carbonyl (C=O) groups excluding carboxylic acids is 1. The molecule has 1 aliphatic carbocycles. The summed E-state index contributed by atoms with van der Waals surface area (Å²) in [7, 11) is 3.09. The number of halogens is 2. The van der Waals surface area contributed by atoms with E-state index in [-0.39, 0.29) is 18.4 Å². The van der Waals surface area contributed by atoms with Gasteiger partial charge in [-0.2, -0.15) is 0 Å². The van der Waals surface area contributed by atoms with Gasteiger partial charge in [-0.15, -0.1) is 0 Å². The van der Waals surface area contributed by atoms with Gasteiger partial charge in [0.25, 0.3) is 6.43 Å². The van der Waals surface area contributed by atoms with E-state index in [0.29, 0.717) is 13.1 Å². The lowest BCUT2D eigenvalue weighted by Crippen LogP contribution is -2.55. The average molecular weight is 292 g/mol. The highest BCUT2D eigenvalue weighted by Crippen LogP contribution is 2.39. The number of nitrogens with one attached hydrogen (secondary N) is 1. The quantitative estimate of drug-likeness (QED) is 0.694. The molecule has 0 amide bonds. The van der Waals surface area contributed by atoms with E-state index >= 15 is 0 Å². The number of ether oxygens (including phenoxy) is 1. The number of methoxy groups -OCH3 is 1. The first kappa shape index (κ1) is 17.3. The molecular formula is C14H26F2N2O2. The van der Waals surface area contributed by atoms with Gasteiger partial charge in [-0.1, -0.05) is 13.3 Å². The zero-order valence-corrected chi connectivity index (χ0v) is 12.6. The topological polar surface area (TPSA) is 41.6 Å². The highest BCUT2D eigenvalue weighted by molar-refractivity contribution is 5.81. The van der Waals surface area contributed by atoms with Crippen molar-refractivity contribution < 1.29 is 18.3 Å². The van der Waals surface area contributed by atoms with Gasteiger partial charge in [0.15, 0.2) is 0 Å². The standard InChI is InChI=1S/C14H26F2N2O2/c1-4-17-14(13(19)20-3)8-5-6-11(14)7-9-18(2)10-12(15)16/h11-12,17H,4-10H2,1-3H3. The fraction of sp³-hybridized carbons (Fsp3) is 0.929. The number of nitrogens with zero attached hydrogens (tertiary/aromatic N) is 1. The van der Waals surface area contributed by atoms with Crippen LogP contribution in [0, 0.1) is 5.92 Å². The van der Waals surface area contributed by atoms with Crippen molar-refractivity contribution in [2.45, 2.75) is 44.6 Å². The summed E-state index contributed by atoms with van der Waals surface area (Å²) in [5, 5.41) is 3.28. The van der Waals surface area contributed by atoms with Gasteiger partial charge in [0, 0.05) is 0 Å². The third kappa shape index (κ3) is 4.12. The molecular weight excluding hydrogens is 266 g/mol. The maximum atomic E-state index is 12.3. The normalized spacial score (nSPS) is 26.4. The van der Waals surface area contributed by atoms with E-state index in [1.54, 1.807) is 11.9 Å². The van der Waals surface area contributed by atoms with Crippen LogP contribution >= 0.6 is 0 Å². The van der Waals surface area contributed by atoms with Gasteiger partial charge in [-0.25, -0.2) is 8.78 Å². The molecule has 0 aromatic heterocycles. The summed E-state index contributed by atoms with van der Waals surface area (Å²) in [6.07, 6.45) is 1.07. The third-order valence-corrected chi connectivity index (χ3v) is 4.17. The number of rotatable bonds is 8.